The Kier molecular flexibility index (Phi) is 6.67. The van der Waals surface area contributed by atoms with Crippen LogP contribution in [0.2, 0.25) is 0 Å². The van der Waals surface area contributed by atoms with E-state index in [1.807, 2.05) is 54.4 Å². The van der Waals surface area contributed by atoms with Crippen LogP contribution in [0.3, 0.4) is 0 Å². The number of likely N-dealkylation sites (tertiary alicyclic amines) is 1. The number of rotatable bonds is 7. The smallest absolute Gasteiger partial charge is 0.260 e. The molecule has 26 heavy (non-hydrogen) atoms. The molecule has 0 bridgehead atoms. The van der Waals surface area contributed by atoms with Crippen molar-refractivity contribution in [1.82, 2.24) is 10.2 Å². The molecule has 1 aliphatic heterocycles. The lowest BCUT2D eigenvalue weighted by molar-refractivity contribution is -0.134. The molecule has 1 saturated heterocycles. The number of para-hydroxylation sites is 1. The average Bonchev–Trinajstić information content (AvgIpc) is 2.71. The second-order valence-corrected chi connectivity index (χ2v) is 6.87. The van der Waals surface area contributed by atoms with Gasteiger partial charge in [0.2, 0.25) is 0 Å². The predicted octanol–water partition coefficient (Wildman–Crippen LogP) is 3.58. The zero-order valence-electron chi connectivity index (χ0n) is 15.5. The van der Waals surface area contributed by atoms with Gasteiger partial charge in [-0.3, -0.25) is 4.79 Å². The molecule has 2 aromatic rings. The van der Waals surface area contributed by atoms with Gasteiger partial charge < -0.3 is 15.0 Å². The summed E-state index contributed by atoms with van der Waals surface area (Å²) in [4.78, 5) is 14.5. The number of carbonyl (C=O) groups is 1. The van der Waals surface area contributed by atoms with E-state index >= 15 is 0 Å². The van der Waals surface area contributed by atoms with E-state index in [0.717, 1.165) is 55.3 Å². The van der Waals surface area contributed by atoms with Crippen molar-refractivity contribution >= 4 is 5.91 Å². The van der Waals surface area contributed by atoms with Crippen molar-refractivity contribution in [2.75, 3.05) is 33.3 Å². The lowest BCUT2D eigenvalue weighted by atomic mass is 9.93. The maximum Gasteiger partial charge on any atom is 0.260 e. The molecule has 0 unspecified atom stereocenters. The van der Waals surface area contributed by atoms with E-state index in [9.17, 15) is 4.79 Å². The number of hydrogen-bond donors (Lipinski definition) is 1. The van der Waals surface area contributed by atoms with Crippen LogP contribution in [0, 0.1) is 5.92 Å². The van der Waals surface area contributed by atoms with Crippen LogP contribution in [0.5, 0.6) is 5.75 Å². The van der Waals surface area contributed by atoms with Crippen LogP contribution in [-0.4, -0.2) is 44.1 Å². The molecule has 1 N–H and O–H groups in total. The first-order chi connectivity index (χ1) is 12.8. The molecule has 0 saturated carbocycles. The molecule has 1 heterocycles. The van der Waals surface area contributed by atoms with Crippen molar-refractivity contribution in [1.29, 1.82) is 0 Å². The van der Waals surface area contributed by atoms with E-state index in [0.29, 0.717) is 0 Å². The van der Waals surface area contributed by atoms with Crippen LogP contribution in [0.4, 0.5) is 0 Å². The fraction of sp³-hybridized carbons (Fsp3) is 0.409. The molecule has 1 amide bonds. The molecule has 3 rings (SSSR count). The van der Waals surface area contributed by atoms with Gasteiger partial charge in [-0.05, 0) is 50.4 Å². The van der Waals surface area contributed by atoms with Crippen LogP contribution in [0.25, 0.3) is 11.1 Å². The highest BCUT2D eigenvalue weighted by Gasteiger charge is 2.22. The Bertz CT molecular complexity index is 694. The lowest BCUT2D eigenvalue weighted by Gasteiger charge is -2.32. The Morgan fingerprint density at radius 1 is 1.08 bits per heavy atom. The normalized spacial score (nSPS) is 15.0. The van der Waals surface area contributed by atoms with E-state index in [1.165, 1.54) is 6.42 Å². The van der Waals surface area contributed by atoms with Crippen molar-refractivity contribution in [3.63, 3.8) is 0 Å². The van der Waals surface area contributed by atoms with Gasteiger partial charge in [0.1, 0.15) is 5.75 Å². The van der Waals surface area contributed by atoms with Gasteiger partial charge in [-0.1, -0.05) is 48.5 Å². The fourth-order valence-electron chi connectivity index (χ4n) is 3.50. The zero-order valence-corrected chi connectivity index (χ0v) is 15.5. The molecule has 0 aromatic heterocycles. The molecule has 1 aliphatic rings. The summed E-state index contributed by atoms with van der Waals surface area (Å²) in [6.07, 6.45) is 3.38. The molecule has 0 spiro atoms. The van der Waals surface area contributed by atoms with Crippen molar-refractivity contribution in [2.24, 2.45) is 5.92 Å². The topological polar surface area (TPSA) is 41.6 Å². The van der Waals surface area contributed by atoms with Gasteiger partial charge in [0.25, 0.3) is 5.91 Å². The number of benzene rings is 2. The van der Waals surface area contributed by atoms with Crippen molar-refractivity contribution < 1.29 is 9.53 Å². The van der Waals surface area contributed by atoms with Crippen molar-refractivity contribution in [3.05, 3.63) is 54.6 Å². The molecule has 4 nitrogen and oxygen atoms in total. The van der Waals surface area contributed by atoms with Crippen LogP contribution in [0.15, 0.2) is 54.6 Å². The molecular weight excluding hydrogens is 324 g/mol. The third-order valence-corrected chi connectivity index (χ3v) is 5.09. The number of nitrogens with one attached hydrogen (secondary N) is 1. The second-order valence-electron chi connectivity index (χ2n) is 6.87. The van der Waals surface area contributed by atoms with E-state index in [-0.39, 0.29) is 12.5 Å². The molecule has 138 valence electrons. The summed E-state index contributed by atoms with van der Waals surface area (Å²) in [7, 11) is 1.99. The Morgan fingerprint density at radius 3 is 2.50 bits per heavy atom. The molecule has 0 radical (unpaired) electrons. The highest BCUT2D eigenvalue weighted by molar-refractivity contribution is 5.78. The third kappa shape index (κ3) is 4.85. The molecule has 4 heteroatoms. The lowest BCUT2D eigenvalue weighted by Crippen LogP contribution is -2.41. The first kappa shape index (κ1) is 18.5. The monoisotopic (exact) mass is 352 g/mol. The van der Waals surface area contributed by atoms with Gasteiger partial charge in [0.05, 0.1) is 0 Å². The highest BCUT2D eigenvalue weighted by Crippen LogP contribution is 2.29. The summed E-state index contributed by atoms with van der Waals surface area (Å²) in [5, 5.41) is 3.21. The Balaban J connectivity index is 1.54. The van der Waals surface area contributed by atoms with Crippen molar-refractivity contribution in [3.8, 4) is 16.9 Å². The average molecular weight is 352 g/mol. The first-order valence-corrected chi connectivity index (χ1v) is 9.47. The summed E-state index contributed by atoms with van der Waals surface area (Å²) < 4.78 is 5.90. The number of ether oxygens (including phenoxy) is 1. The fourth-order valence-corrected chi connectivity index (χ4v) is 3.50. The minimum atomic E-state index is 0.0833. The van der Waals surface area contributed by atoms with Crippen LogP contribution in [0.1, 0.15) is 19.3 Å². The third-order valence-electron chi connectivity index (χ3n) is 5.09. The highest BCUT2D eigenvalue weighted by atomic mass is 16.5. The first-order valence-electron chi connectivity index (χ1n) is 9.47. The van der Waals surface area contributed by atoms with Gasteiger partial charge >= 0.3 is 0 Å². The second kappa shape index (κ2) is 9.39. The molecule has 0 atom stereocenters. The van der Waals surface area contributed by atoms with Gasteiger partial charge in [-0.15, -0.1) is 0 Å². The Morgan fingerprint density at radius 2 is 1.77 bits per heavy atom. The van der Waals surface area contributed by atoms with E-state index < -0.39 is 0 Å². The Labute approximate surface area is 156 Å². The summed E-state index contributed by atoms with van der Waals surface area (Å²) >= 11 is 0. The number of amides is 1. The molecule has 2 aromatic carbocycles. The predicted molar refractivity (Wildman–Crippen MR) is 105 cm³/mol. The summed E-state index contributed by atoms with van der Waals surface area (Å²) in [6.45, 7) is 2.84. The number of carbonyl (C=O) groups excluding carboxylic acids is 1. The van der Waals surface area contributed by atoms with Crippen LogP contribution >= 0.6 is 0 Å². The minimum Gasteiger partial charge on any atom is -0.483 e. The van der Waals surface area contributed by atoms with Crippen LogP contribution < -0.4 is 10.1 Å². The minimum absolute atomic E-state index is 0.0833. The standard InChI is InChI=1S/C22H28N2O2/c1-23-14-11-18-12-15-24(16-13-18)22(25)17-26-21-10-6-5-9-20(21)19-7-3-2-4-8-19/h2-10,18,23H,11-17H2,1H3. The maximum absolute atomic E-state index is 12.5. The summed E-state index contributed by atoms with van der Waals surface area (Å²) in [6, 6.07) is 18.0. The zero-order chi connectivity index (χ0) is 18.2. The molecule has 1 fully saturated rings. The van der Waals surface area contributed by atoms with Crippen molar-refractivity contribution in [2.45, 2.75) is 19.3 Å². The van der Waals surface area contributed by atoms with E-state index in [4.69, 9.17) is 4.74 Å². The van der Waals surface area contributed by atoms with E-state index in [1.54, 1.807) is 0 Å². The number of piperidine rings is 1. The Hall–Kier alpha value is -2.33. The van der Waals surface area contributed by atoms with Crippen LogP contribution in [-0.2, 0) is 4.79 Å². The molecular formula is C22H28N2O2. The quantitative estimate of drug-likeness (QED) is 0.828. The largest absolute Gasteiger partial charge is 0.483 e. The number of nitrogens with zero attached hydrogens (tertiary/aromatic N) is 1. The van der Waals surface area contributed by atoms with Gasteiger partial charge in [-0.25, -0.2) is 0 Å². The molecule has 0 aliphatic carbocycles. The van der Waals surface area contributed by atoms with Gasteiger partial charge in [0, 0.05) is 18.7 Å². The van der Waals surface area contributed by atoms with E-state index in [2.05, 4.69) is 17.4 Å². The summed E-state index contributed by atoms with van der Waals surface area (Å²) in [5.74, 6) is 1.57. The van der Waals surface area contributed by atoms with Gasteiger partial charge in [0.15, 0.2) is 6.61 Å². The van der Waals surface area contributed by atoms with Gasteiger partial charge in [-0.2, -0.15) is 0 Å². The summed E-state index contributed by atoms with van der Waals surface area (Å²) in [5.41, 5.74) is 2.12. The maximum atomic E-state index is 12.5. The SMILES string of the molecule is CNCCC1CCN(C(=O)COc2ccccc2-c2ccccc2)CC1. The number of hydrogen-bond acceptors (Lipinski definition) is 3.